The quantitative estimate of drug-likeness (QED) is 0.645. The molecule has 3 heteroatoms. The largest absolute Gasteiger partial charge is 0.341 e. The van der Waals surface area contributed by atoms with Gasteiger partial charge in [-0.15, -0.1) is 0 Å². The lowest BCUT2D eigenvalue weighted by Crippen LogP contribution is -2.43. The molecule has 2 amide bonds. The predicted molar refractivity (Wildman–Crippen MR) is 46.5 cm³/mol. The molecule has 0 saturated heterocycles. The van der Waals surface area contributed by atoms with Crippen LogP contribution < -0.4 is 5.32 Å². The monoisotopic (exact) mass is 158 g/mol. The molecule has 1 N–H and O–H groups in total. The van der Waals surface area contributed by atoms with E-state index in [1.165, 1.54) is 0 Å². The SMILES string of the molecule is CNC(=O)N(C)C(C)C(C)C. The molecule has 0 bridgehead atoms. The van der Waals surface area contributed by atoms with Gasteiger partial charge < -0.3 is 10.2 Å². The van der Waals surface area contributed by atoms with Gasteiger partial charge in [0.15, 0.2) is 0 Å². The smallest absolute Gasteiger partial charge is 0.317 e. The molecule has 0 radical (unpaired) electrons. The summed E-state index contributed by atoms with van der Waals surface area (Å²) in [4.78, 5) is 12.8. The van der Waals surface area contributed by atoms with E-state index in [1.807, 2.05) is 14.0 Å². The Hall–Kier alpha value is -0.730. The van der Waals surface area contributed by atoms with Crippen LogP contribution in [0, 0.1) is 5.92 Å². The number of urea groups is 1. The zero-order valence-electron chi connectivity index (χ0n) is 8.01. The van der Waals surface area contributed by atoms with Crippen LogP contribution in [0.5, 0.6) is 0 Å². The number of hydrogen-bond acceptors (Lipinski definition) is 1. The van der Waals surface area contributed by atoms with Crippen molar-refractivity contribution in [2.75, 3.05) is 14.1 Å². The highest BCUT2D eigenvalue weighted by Crippen LogP contribution is 2.07. The van der Waals surface area contributed by atoms with E-state index in [2.05, 4.69) is 19.2 Å². The molecule has 1 unspecified atom stereocenters. The minimum absolute atomic E-state index is 0.0220. The van der Waals surface area contributed by atoms with Crippen molar-refractivity contribution in [1.29, 1.82) is 0 Å². The summed E-state index contributed by atoms with van der Waals surface area (Å²) >= 11 is 0. The number of nitrogens with one attached hydrogen (secondary N) is 1. The van der Waals surface area contributed by atoms with Crippen LogP contribution in [0.25, 0.3) is 0 Å². The summed E-state index contributed by atoms with van der Waals surface area (Å²) in [6.45, 7) is 6.24. The van der Waals surface area contributed by atoms with E-state index in [1.54, 1.807) is 11.9 Å². The van der Waals surface area contributed by atoms with Gasteiger partial charge in [0, 0.05) is 20.1 Å². The van der Waals surface area contributed by atoms with E-state index in [0.29, 0.717) is 5.92 Å². The molecular formula is C8H18N2O. The van der Waals surface area contributed by atoms with Crippen LogP contribution >= 0.6 is 0 Å². The van der Waals surface area contributed by atoms with E-state index in [0.717, 1.165) is 0 Å². The number of nitrogens with zero attached hydrogens (tertiary/aromatic N) is 1. The first kappa shape index (κ1) is 10.3. The van der Waals surface area contributed by atoms with Crippen molar-refractivity contribution in [1.82, 2.24) is 10.2 Å². The number of amides is 2. The van der Waals surface area contributed by atoms with Crippen LogP contribution in [0.15, 0.2) is 0 Å². The highest BCUT2D eigenvalue weighted by molar-refractivity contribution is 5.73. The zero-order valence-corrected chi connectivity index (χ0v) is 8.01. The lowest BCUT2D eigenvalue weighted by Gasteiger charge is -2.27. The number of carbonyl (C=O) groups excluding carboxylic acids is 1. The molecule has 0 heterocycles. The lowest BCUT2D eigenvalue weighted by molar-refractivity contribution is 0.182. The Morgan fingerprint density at radius 1 is 1.36 bits per heavy atom. The molecule has 3 nitrogen and oxygen atoms in total. The van der Waals surface area contributed by atoms with Crippen molar-refractivity contribution < 1.29 is 4.79 Å². The predicted octanol–water partition coefficient (Wildman–Crippen LogP) is 1.30. The van der Waals surface area contributed by atoms with Gasteiger partial charge in [0.2, 0.25) is 0 Å². The van der Waals surface area contributed by atoms with Crippen molar-refractivity contribution in [3.63, 3.8) is 0 Å². The third-order valence-corrected chi connectivity index (χ3v) is 2.11. The highest BCUT2D eigenvalue weighted by atomic mass is 16.2. The van der Waals surface area contributed by atoms with Crippen molar-refractivity contribution >= 4 is 6.03 Å². The van der Waals surface area contributed by atoms with Gasteiger partial charge in [-0.3, -0.25) is 0 Å². The Morgan fingerprint density at radius 2 is 1.82 bits per heavy atom. The van der Waals surface area contributed by atoms with Crippen LogP contribution in [0.1, 0.15) is 20.8 Å². The first-order valence-corrected chi connectivity index (χ1v) is 3.95. The van der Waals surface area contributed by atoms with Crippen LogP contribution in [0.3, 0.4) is 0 Å². The number of hydrogen-bond donors (Lipinski definition) is 1. The van der Waals surface area contributed by atoms with Crippen molar-refractivity contribution in [2.24, 2.45) is 5.92 Å². The Labute approximate surface area is 68.8 Å². The van der Waals surface area contributed by atoms with Crippen LogP contribution in [0.4, 0.5) is 4.79 Å². The molecule has 0 fully saturated rings. The standard InChI is InChI=1S/C8H18N2O/c1-6(2)7(3)10(5)8(11)9-4/h6-7H,1-5H3,(H,9,11). The molecule has 11 heavy (non-hydrogen) atoms. The normalized spacial score (nSPS) is 12.9. The summed E-state index contributed by atoms with van der Waals surface area (Å²) in [5.41, 5.74) is 0. The van der Waals surface area contributed by atoms with Gasteiger partial charge >= 0.3 is 6.03 Å². The minimum atomic E-state index is -0.0220. The van der Waals surface area contributed by atoms with Crippen molar-refractivity contribution in [3.05, 3.63) is 0 Å². The molecule has 0 saturated carbocycles. The second kappa shape index (κ2) is 4.21. The van der Waals surface area contributed by atoms with Crippen LogP contribution in [-0.4, -0.2) is 31.1 Å². The molecule has 0 aromatic carbocycles. The molecule has 0 spiro atoms. The topological polar surface area (TPSA) is 32.3 Å². The summed E-state index contributed by atoms with van der Waals surface area (Å²) in [6, 6.07) is 0.265. The summed E-state index contributed by atoms with van der Waals surface area (Å²) in [6.07, 6.45) is 0. The van der Waals surface area contributed by atoms with E-state index in [-0.39, 0.29) is 12.1 Å². The minimum Gasteiger partial charge on any atom is -0.341 e. The van der Waals surface area contributed by atoms with E-state index in [9.17, 15) is 4.79 Å². The second-order valence-corrected chi connectivity index (χ2v) is 3.15. The van der Waals surface area contributed by atoms with Crippen LogP contribution in [-0.2, 0) is 0 Å². The first-order valence-electron chi connectivity index (χ1n) is 3.95. The lowest BCUT2D eigenvalue weighted by atomic mass is 10.1. The molecule has 66 valence electrons. The Kier molecular flexibility index (Phi) is 3.93. The van der Waals surface area contributed by atoms with Gasteiger partial charge in [-0.25, -0.2) is 4.79 Å². The fourth-order valence-corrected chi connectivity index (χ4v) is 0.809. The van der Waals surface area contributed by atoms with Gasteiger partial charge in [-0.2, -0.15) is 0 Å². The summed E-state index contributed by atoms with van der Waals surface area (Å²) < 4.78 is 0. The van der Waals surface area contributed by atoms with Crippen molar-refractivity contribution in [3.8, 4) is 0 Å². The Morgan fingerprint density at radius 3 is 2.09 bits per heavy atom. The average molecular weight is 158 g/mol. The fourth-order valence-electron chi connectivity index (χ4n) is 0.809. The highest BCUT2D eigenvalue weighted by Gasteiger charge is 2.16. The maximum absolute atomic E-state index is 11.1. The maximum atomic E-state index is 11.1. The van der Waals surface area contributed by atoms with E-state index < -0.39 is 0 Å². The maximum Gasteiger partial charge on any atom is 0.317 e. The van der Waals surface area contributed by atoms with Crippen LogP contribution in [0.2, 0.25) is 0 Å². The Bertz CT molecular complexity index is 134. The van der Waals surface area contributed by atoms with Gasteiger partial charge in [0.05, 0.1) is 0 Å². The second-order valence-electron chi connectivity index (χ2n) is 3.15. The molecule has 0 aromatic rings. The number of rotatable bonds is 2. The average Bonchev–Trinajstić information content (AvgIpc) is 2.00. The van der Waals surface area contributed by atoms with Gasteiger partial charge in [-0.1, -0.05) is 13.8 Å². The summed E-state index contributed by atoms with van der Waals surface area (Å²) in [7, 11) is 3.45. The van der Waals surface area contributed by atoms with Crippen molar-refractivity contribution in [2.45, 2.75) is 26.8 Å². The third-order valence-electron chi connectivity index (χ3n) is 2.11. The van der Waals surface area contributed by atoms with Gasteiger partial charge in [0.25, 0.3) is 0 Å². The molecule has 0 aromatic heterocycles. The van der Waals surface area contributed by atoms with Gasteiger partial charge in [0.1, 0.15) is 0 Å². The Balaban J connectivity index is 4.01. The molecule has 0 aliphatic heterocycles. The fraction of sp³-hybridized carbons (Fsp3) is 0.875. The molecular weight excluding hydrogens is 140 g/mol. The molecule has 0 aliphatic rings. The van der Waals surface area contributed by atoms with E-state index in [4.69, 9.17) is 0 Å². The molecule has 1 atom stereocenters. The molecule has 0 rings (SSSR count). The molecule has 0 aliphatic carbocycles. The van der Waals surface area contributed by atoms with Gasteiger partial charge in [-0.05, 0) is 12.8 Å². The zero-order chi connectivity index (χ0) is 9.02. The number of carbonyl (C=O) groups is 1. The third kappa shape index (κ3) is 2.78. The summed E-state index contributed by atoms with van der Waals surface area (Å²) in [5, 5.41) is 2.59. The summed E-state index contributed by atoms with van der Waals surface area (Å²) in [5.74, 6) is 0.497. The first-order chi connectivity index (χ1) is 5.00. The van der Waals surface area contributed by atoms with E-state index >= 15 is 0 Å².